The molecule has 33 heavy (non-hydrogen) atoms. The van der Waals surface area contributed by atoms with Gasteiger partial charge in [-0.25, -0.2) is 8.42 Å². The second-order valence-electron chi connectivity index (χ2n) is 8.41. The first-order chi connectivity index (χ1) is 16.0. The van der Waals surface area contributed by atoms with E-state index < -0.39 is 10.0 Å². The van der Waals surface area contributed by atoms with Crippen LogP contribution in [0.1, 0.15) is 27.8 Å². The van der Waals surface area contributed by atoms with Crippen LogP contribution in [0.15, 0.2) is 97.1 Å². The molecule has 4 aromatic carbocycles. The number of nitrogens with one attached hydrogen (secondary N) is 1. The standard InChI is InChI=1S/C29H25NO2S/c1-33(31,32)30-24-13-7-9-21(19-24)20-29-26-14-6-5-12-23(26)17-18-28-25(15-8-16-27(28)29)22-10-3-2-4-11-22/h2-16,19-20,30H,17-18H2,1H3. The number of rotatable bonds is 4. The molecule has 0 aliphatic heterocycles. The molecular formula is C29H25NO2S. The number of hydrogen-bond donors (Lipinski definition) is 1. The van der Waals surface area contributed by atoms with Gasteiger partial charge in [-0.15, -0.1) is 0 Å². The molecule has 0 atom stereocenters. The number of sulfonamides is 1. The molecule has 3 nitrogen and oxygen atoms in total. The van der Waals surface area contributed by atoms with Crippen LogP contribution in [0.2, 0.25) is 0 Å². The van der Waals surface area contributed by atoms with E-state index in [-0.39, 0.29) is 0 Å². The molecule has 0 saturated carbocycles. The molecule has 0 saturated heterocycles. The van der Waals surface area contributed by atoms with E-state index in [2.05, 4.69) is 77.5 Å². The van der Waals surface area contributed by atoms with E-state index in [1.165, 1.54) is 39.6 Å². The fourth-order valence-electron chi connectivity index (χ4n) is 4.63. The second kappa shape index (κ2) is 8.72. The Kier molecular flexibility index (Phi) is 5.61. The van der Waals surface area contributed by atoms with Gasteiger partial charge in [0.1, 0.15) is 0 Å². The summed E-state index contributed by atoms with van der Waals surface area (Å²) in [5, 5.41) is 0. The van der Waals surface area contributed by atoms with Crippen LogP contribution >= 0.6 is 0 Å². The molecule has 1 N–H and O–H groups in total. The molecule has 0 aromatic heterocycles. The quantitative estimate of drug-likeness (QED) is 0.390. The lowest BCUT2D eigenvalue weighted by Crippen LogP contribution is -2.09. The average molecular weight is 452 g/mol. The molecule has 4 aromatic rings. The van der Waals surface area contributed by atoms with Crippen LogP contribution in [0.5, 0.6) is 0 Å². The summed E-state index contributed by atoms with van der Waals surface area (Å²) in [6, 6.07) is 33.2. The lowest BCUT2D eigenvalue weighted by atomic mass is 9.88. The number of fused-ring (bicyclic) bond motifs is 2. The zero-order chi connectivity index (χ0) is 22.8. The minimum Gasteiger partial charge on any atom is -0.284 e. The molecule has 0 spiro atoms. The van der Waals surface area contributed by atoms with Gasteiger partial charge in [-0.2, -0.15) is 0 Å². The molecule has 0 amide bonds. The highest BCUT2D eigenvalue weighted by Gasteiger charge is 2.20. The van der Waals surface area contributed by atoms with Crippen molar-refractivity contribution < 1.29 is 8.42 Å². The third-order valence-corrected chi connectivity index (χ3v) is 6.61. The lowest BCUT2D eigenvalue weighted by molar-refractivity contribution is 0.607. The third kappa shape index (κ3) is 4.62. The number of aryl methyl sites for hydroxylation is 1. The van der Waals surface area contributed by atoms with Crippen molar-refractivity contribution in [3.63, 3.8) is 0 Å². The summed E-state index contributed by atoms with van der Waals surface area (Å²) < 4.78 is 26.0. The Hall–Kier alpha value is -3.63. The summed E-state index contributed by atoms with van der Waals surface area (Å²) in [7, 11) is -3.34. The second-order valence-corrected chi connectivity index (χ2v) is 10.2. The monoisotopic (exact) mass is 451 g/mol. The van der Waals surface area contributed by atoms with Crippen LogP contribution in [0.4, 0.5) is 5.69 Å². The van der Waals surface area contributed by atoms with E-state index in [0.29, 0.717) is 5.69 Å². The number of hydrogen-bond acceptors (Lipinski definition) is 2. The molecule has 0 fully saturated rings. The summed E-state index contributed by atoms with van der Waals surface area (Å²) >= 11 is 0. The molecule has 0 heterocycles. The summed E-state index contributed by atoms with van der Waals surface area (Å²) in [6.45, 7) is 0. The third-order valence-electron chi connectivity index (χ3n) is 6.00. The first kappa shape index (κ1) is 21.2. The molecule has 1 aliphatic rings. The lowest BCUT2D eigenvalue weighted by Gasteiger charge is -2.16. The van der Waals surface area contributed by atoms with E-state index >= 15 is 0 Å². The van der Waals surface area contributed by atoms with Crippen LogP contribution in [-0.4, -0.2) is 14.7 Å². The highest BCUT2D eigenvalue weighted by molar-refractivity contribution is 7.92. The Morgan fingerprint density at radius 1 is 0.727 bits per heavy atom. The Morgan fingerprint density at radius 3 is 2.24 bits per heavy atom. The maximum Gasteiger partial charge on any atom is 0.229 e. The molecule has 0 radical (unpaired) electrons. The van der Waals surface area contributed by atoms with E-state index in [4.69, 9.17) is 0 Å². The Labute approximate surface area is 195 Å². The largest absolute Gasteiger partial charge is 0.284 e. The average Bonchev–Trinajstić information content (AvgIpc) is 2.96. The highest BCUT2D eigenvalue weighted by Crippen LogP contribution is 2.39. The van der Waals surface area contributed by atoms with Crippen molar-refractivity contribution in [3.8, 4) is 11.1 Å². The van der Waals surface area contributed by atoms with Crippen LogP contribution in [-0.2, 0) is 22.9 Å². The van der Waals surface area contributed by atoms with Crippen molar-refractivity contribution >= 4 is 27.4 Å². The summed E-state index contributed by atoms with van der Waals surface area (Å²) in [4.78, 5) is 0. The van der Waals surface area contributed by atoms with Crippen molar-refractivity contribution in [2.45, 2.75) is 12.8 Å². The normalized spacial score (nSPS) is 14.3. The van der Waals surface area contributed by atoms with Gasteiger partial charge in [0.05, 0.1) is 6.26 Å². The van der Waals surface area contributed by atoms with Crippen LogP contribution in [0.3, 0.4) is 0 Å². The van der Waals surface area contributed by atoms with Gasteiger partial charge in [0, 0.05) is 5.69 Å². The summed E-state index contributed by atoms with van der Waals surface area (Å²) in [5.74, 6) is 0. The topological polar surface area (TPSA) is 46.2 Å². The van der Waals surface area contributed by atoms with Gasteiger partial charge in [0.15, 0.2) is 0 Å². The number of anilines is 1. The van der Waals surface area contributed by atoms with Gasteiger partial charge in [-0.05, 0) is 75.6 Å². The molecule has 0 bridgehead atoms. The predicted molar refractivity (Wildman–Crippen MR) is 138 cm³/mol. The van der Waals surface area contributed by atoms with Gasteiger partial charge >= 0.3 is 0 Å². The van der Waals surface area contributed by atoms with Gasteiger partial charge in [-0.1, -0.05) is 84.9 Å². The highest BCUT2D eigenvalue weighted by atomic mass is 32.2. The maximum atomic E-state index is 11.7. The SMILES string of the molecule is CS(=O)(=O)Nc1cccc(C=C2c3ccccc3CCc3c2cccc3-c2ccccc2)c1. The van der Waals surface area contributed by atoms with Crippen molar-refractivity contribution in [2.75, 3.05) is 11.0 Å². The van der Waals surface area contributed by atoms with E-state index in [1.54, 1.807) is 6.07 Å². The Bertz CT molecular complexity index is 1450. The fourth-order valence-corrected chi connectivity index (χ4v) is 5.19. The van der Waals surface area contributed by atoms with Crippen LogP contribution < -0.4 is 4.72 Å². The van der Waals surface area contributed by atoms with Crippen molar-refractivity contribution in [1.29, 1.82) is 0 Å². The minimum absolute atomic E-state index is 0.562. The molecule has 1 aliphatic carbocycles. The molecule has 4 heteroatoms. The van der Waals surface area contributed by atoms with Crippen LogP contribution in [0, 0.1) is 0 Å². The van der Waals surface area contributed by atoms with Gasteiger partial charge < -0.3 is 0 Å². The zero-order valence-corrected chi connectivity index (χ0v) is 19.3. The van der Waals surface area contributed by atoms with E-state index in [0.717, 1.165) is 24.0 Å². The first-order valence-corrected chi connectivity index (χ1v) is 12.9. The Morgan fingerprint density at radius 2 is 1.42 bits per heavy atom. The van der Waals surface area contributed by atoms with E-state index in [1.807, 2.05) is 24.3 Å². The van der Waals surface area contributed by atoms with Crippen molar-refractivity contribution in [1.82, 2.24) is 0 Å². The van der Waals surface area contributed by atoms with Crippen molar-refractivity contribution in [3.05, 3.63) is 125 Å². The van der Waals surface area contributed by atoms with Gasteiger partial charge in [-0.3, -0.25) is 4.72 Å². The fraction of sp³-hybridized carbons (Fsp3) is 0.103. The molecule has 5 rings (SSSR count). The Balaban J connectivity index is 1.70. The molecule has 164 valence electrons. The van der Waals surface area contributed by atoms with Crippen LogP contribution in [0.25, 0.3) is 22.8 Å². The zero-order valence-electron chi connectivity index (χ0n) is 18.5. The van der Waals surface area contributed by atoms with Gasteiger partial charge in [0.25, 0.3) is 0 Å². The predicted octanol–water partition coefficient (Wildman–Crippen LogP) is 6.41. The minimum atomic E-state index is -3.34. The van der Waals surface area contributed by atoms with E-state index in [9.17, 15) is 8.42 Å². The number of benzene rings is 4. The summed E-state index contributed by atoms with van der Waals surface area (Å²) in [6.07, 6.45) is 5.27. The molecular weight excluding hydrogens is 426 g/mol. The van der Waals surface area contributed by atoms with Gasteiger partial charge in [0.2, 0.25) is 10.0 Å². The smallest absolute Gasteiger partial charge is 0.229 e. The first-order valence-electron chi connectivity index (χ1n) is 11.0. The van der Waals surface area contributed by atoms with Crippen molar-refractivity contribution in [2.24, 2.45) is 0 Å². The summed E-state index contributed by atoms with van der Waals surface area (Å²) in [5.41, 5.74) is 10.3. The maximum absolute atomic E-state index is 11.7. The molecule has 0 unspecified atom stereocenters.